The molecule has 1 fully saturated rings. The maximum atomic E-state index is 13.1. The normalized spacial score (nSPS) is 16.0. The highest BCUT2D eigenvalue weighted by atomic mass is 32.2. The fourth-order valence-electron chi connectivity index (χ4n) is 3.71. The number of H-pyrrole nitrogens is 1. The van der Waals surface area contributed by atoms with Crippen LogP contribution in [0.15, 0.2) is 34.1 Å². The first-order chi connectivity index (χ1) is 15.3. The summed E-state index contributed by atoms with van der Waals surface area (Å²) in [6, 6.07) is 4.39. The first kappa shape index (κ1) is 24.4. The SMILES string of the molecule is CCOC(CNC(=O)c1c[nH]c2ccc(S(=O)(=O)N3CCC(C)CC3)cc2c1=O)OCC. The van der Waals surface area contributed by atoms with Crippen LogP contribution < -0.4 is 10.7 Å². The maximum absolute atomic E-state index is 13.1. The average molecular weight is 466 g/mol. The van der Waals surface area contributed by atoms with E-state index in [1.807, 2.05) is 13.8 Å². The minimum atomic E-state index is -3.71. The lowest BCUT2D eigenvalue weighted by atomic mass is 10.0. The predicted octanol–water partition coefficient (Wildman–Crippen LogP) is 2.08. The van der Waals surface area contributed by atoms with Crippen molar-refractivity contribution in [1.29, 1.82) is 0 Å². The zero-order valence-corrected chi connectivity index (χ0v) is 19.5. The summed E-state index contributed by atoms with van der Waals surface area (Å²) in [6.45, 7) is 7.59. The summed E-state index contributed by atoms with van der Waals surface area (Å²) in [7, 11) is -3.71. The first-order valence-electron chi connectivity index (χ1n) is 10.9. The molecule has 0 radical (unpaired) electrons. The van der Waals surface area contributed by atoms with Crippen LogP contribution in [-0.4, -0.2) is 62.8 Å². The number of hydrogen-bond donors (Lipinski definition) is 2. The molecule has 3 rings (SSSR count). The van der Waals surface area contributed by atoms with E-state index in [4.69, 9.17) is 9.47 Å². The van der Waals surface area contributed by atoms with E-state index in [1.54, 1.807) is 6.07 Å². The molecule has 176 valence electrons. The number of hydrogen-bond acceptors (Lipinski definition) is 6. The number of amides is 1. The molecule has 1 aliphatic rings. The summed E-state index contributed by atoms with van der Waals surface area (Å²) in [5.74, 6) is -0.0946. The molecular formula is C22H31N3O6S. The molecule has 1 aliphatic heterocycles. The Labute approximate surface area is 188 Å². The standard InChI is InChI=1S/C22H31N3O6S/c1-4-30-20(31-5-2)14-24-22(27)18-13-23-19-7-6-16(12-17(19)21(18)26)32(28,29)25-10-8-15(3)9-11-25/h6-7,12-13,15,20H,4-5,8-11,14H2,1-3H3,(H,23,26)(H,24,27). The van der Waals surface area contributed by atoms with Crippen LogP contribution >= 0.6 is 0 Å². The van der Waals surface area contributed by atoms with Crippen LogP contribution in [0.25, 0.3) is 10.9 Å². The van der Waals surface area contributed by atoms with Gasteiger partial charge in [-0.15, -0.1) is 0 Å². The summed E-state index contributed by atoms with van der Waals surface area (Å²) in [6.07, 6.45) is 2.33. The molecule has 1 aromatic heterocycles. The van der Waals surface area contributed by atoms with Gasteiger partial charge in [-0.05, 0) is 50.8 Å². The second kappa shape index (κ2) is 10.6. The number of benzene rings is 1. The van der Waals surface area contributed by atoms with Gasteiger partial charge in [0.1, 0.15) is 5.56 Å². The zero-order chi connectivity index (χ0) is 23.3. The molecule has 0 bridgehead atoms. The van der Waals surface area contributed by atoms with E-state index in [-0.39, 0.29) is 22.4 Å². The minimum Gasteiger partial charge on any atom is -0.360 e. The van der Waals surface area contributed by atoms with Crippen molar-refractivity contribution in [3.05, 3.63) is 40.2 Å². The van der Waals surface area contributed by atoms with Crippen LogP contribution in [-0.2, 0) is 19.5 Å². The number of pyridine rings is 1. The molecule has 2 aromatic rings. The molecule has 0 saturated carbocycles. The molecule has 1 amide bonds. The van der Waals surface area contributed by atoms with Gasteiger partial charge in [0, 0.05) is 43.4 Å². The number of rotatable bonds is 9. The molecule has 0 unspecified atom stereocenters. The summed E-state index contributed by atoms with van der Waals surface area (Å²) < 4.78 is 38.4. The van der Waals surface area contributed by atoms with Gasteiger partial charge >= 0.3 is 0 Å². The Morgan fingerprint density at radius 3 is 2.50 bits per heavy atom. The minimum absolute atomic E-state index is 0.0513. The largest absolute Gasteiger partial charge is 0.360 e. The number of carbonyl (C=O) groups is 1. The van der Waals surface area contributed by atoms with Crippen molar-refractivity contribution in [2.24, 2.45) is 5.92 Å². The molecule has 1 aromatic carbocycles. The third-order valence-electron chi connectivity index (χ3n) is 5.61. The number of carbonyl (C=O) groups excluding carboxylic acids is 1. The second-order valence-electron chi connectivity index (χ2n) is 7.88. The van der Waals surface area contributed by atoms with Crippen LogP contribution in [0.4, 0.5) is 0 Å². The zero-order valence-electron chi connectivity index (χ0n) is 18.7. The Kier molecular flexibility index (Phi) is 8.05. The number of nitrogens with zero attached hydrogens (tertiary/aromatic N) is 1. The molecule has 2 N–H and O–H groups in total. The van der Waals surface area contributed by atoms with Crippen LogP contribution in [0.5, 0.6) is 0 Å². The summed E-state index contributed by atoms with van der Waals surface area (Å²) in [5.41, 5.74) is -0.185. The van der Waals surface area contributed by atoms with Crippen molar-refractivity contribution < 1.29 is 22.7 Å². The topological polar surface area (TPSA) is 118 Å². The Balaban J connectivity index is 1.86. The smallest absolute Gasteiger partial charge is 0.256 e. The van der Waals surface area contributed by atoms with Crippen LogP contribution in [0, 0.1) is 5.92 Å². The highest BCUT2D eigenvalue weighted by Gasteiger charge is 2.28. The highest BCUT2D eigenvalue weighted by Crippen LogP contribution is 2.24. The van der Waals surface area contributed by atoms with Gasteiger partial charge < -0.3 is 19.8 Å². The van der Waals surface area contributed by atoms with Crippen LogP contribution in [0.2, 0.25) is 0 Å². The molecule has 10 heteroatoms. The van der Waals surface area contributed by atoms with Crippen molar-refractivity contribution in [2.45, 2.75) is 44.8 Å². The molecule has 0 atom stereocenters. The fraction of sp³-hybridized carbons (Fsp3) is 0.545. The highest BCUT2D eigenvalue weighted by molar-refractivity contribution is 7.89. The van der Waals surface area contributed by atoms with Gasteiger partial charge in [-0.25, -0.2) is 8.42 Å². The Hall–Kier alpha value is -2.27. The first-order valence-corrected chi connectivity index (χ1v) is 12.4. The van der Waals surface area contributed by atoms with Gasteiger partial charge in [0.05, 0.1) is 11.4 Å². The van der Waals surface area contributed by atoms with Crippen molar-refractivity contribution in [2.75, 3.05) is 32.8 Å². The van der Waals surface area contributed by atoms with Crippen LogP contribution in [0.1, 0.15) is 44.0 Å². The molecule has 32 heavy (non-hydrogen) atoms. The lowest BCUT2D eigenvalue weighted by Crippen LogP contribution is -2.38. The van der Waals surface area contributed by atoms with Crippen LogP contribution in [0.3, 0.4) is 0 Å². The third-order valence-corrected chi connectivity index (χ3v) is 7.51. The van der Waals surface area contributed by atoms with Crippen molar-refractivity contribution >= 4 is 26.8 Å². The number of sulfonamides is 1. The summed E-state index contributed by atoms with van der Waals surface area (Å²) in [4.78, 5) is 28.6. The van der Waals surface area contributed by atoms with E-state index in [0.717, 1.165) is 12.8 Å². The molecule has 9 nitrogen and oxygen atoms in total. The van der Waals surface area contributed by atoms with E-state index in [1.165, 1.54) is 22.6 Å². The summed E-state index contributed by atoms with van der Waals surface area (Å²) >= 11 is 0. The van der Waals surface area contributed by atoms with E-state index in [2.05, 4.69) is 17.2 Å². The number of aromatic nitrogens is 1. The maximum Gasteiger partial charge on any atom is 0.256 e. The van der Waals surface area contributed by atoms with E-state index in [0.29, 0.717) is 37.7 Å². The average Bonchev–Trinajstić information content (AvgIpc) is 2.78. The lowest BCUT2D eigenvalue weighted by molar-refractivity contribution is -0.131. The molecule has 1 saturated heterocycles. The Bertz CT molecular complexity index is 1100. The van der Waals surface area contributed by atoms with Gasteiger partial charge in [0.15, 0.2) is 6.29 Å². The van der Waals surface area contributed by atoms with Crippen molar-refractivity contribution in [3.63, 3.8) is 0 Å². The Morgan fingerprint density at radius 1 is 1.22 bits per heavy atom. The quantitative estimate of drug-likeness (QED) is 0.548. The third kappa shape index (κ3) is 5.37. The van der Waals surface area contributed by atoms with Gasteiger partial charge in [-0.2, -0.15) is 4.31 Å². The van der Waals surface area contributed by atoms with E-state index >= 15 is 0 Å². The molecule has 0 spiro atoms. The van der Waals surface area contributed by atoms with E-state index < -0.39 is 27.6 Å². The van der Waals surface area contributed by atoms with Gasteiger partial charge in [0.25, 0.3) is 5.91 Å². The molecular weight excluding hydrogens is 434 g/mol. The predicted molar refractivity (Wildman–Crippen MR) is 121 cm³/mol. The molecule has 0 aliphatic carbocycles. The molecule has 2 heterocycles. The number of aromatic amines is 1. The second-order valence-corrected chi connectivity index (χ2v) is 9.81. The Morgan fingerprint density at radius 2 is 1.88 bits per heavy atom. The fourth-order valence-corrected chi connectivity index (χ4v) is 5.21. The number of fused-ring (bicyclic) bond motifs is 1. The van der Waals surface area contributed by atoms with Crippen molar-refractivity contribution in [3.8, 4) is 0 Å². The lowest BCUT2D eigenvalue weighted by Gasteiger charge is -2.29. The number of ether oxygens (including phenoxy) is 2. The van der Waals surface area contributed by atoms with E-state index in [9.17, 15) is 18.0 Å². The monoisotopic (exact) mass is 465 g/mol. The number of piperidine rings is 1. The van der Waals surface area contributed by atoms with Gasteiger partial charge in [-0.3, -0.25) is 9.59 Å². The van der Waals surface area contributed by atoms with Gasteiger partial charge in [0.2, 0.25) is 15.5 Å². The van der Waals surface area contributed by atoms with Gasteiger partial charge in [-0.1, -0.05) is 6.92 Å². The van der Waals surface area contributed by atoms with Crippen molar-refractivity contribution in [1.82, 2.24) is 14.6 Å². The summed E-state index contributed by atoms with van der Waals surface area (Å²) in [5, 5.41) is 2.79. The number of nitrogens with one attached hydrogen (secondary N) is 2.